The lowest BCUT2D eigenvalue weighted by atomic mass is 10.2. The van der Waals surface area contributed by atoms with Gasteiger partial charge in [0, 0.05) is 20.1 Å². The molecule has 1 atom stereocenters. The van der Waals surface area contributed by atoms with Crippen molar-refractivity contribution in [1.82, 2.24) is 10.2 Å². The summed E-state index contributed by atoms with van der Waals surface area (Å²) in [6.45, 7) is 4.02. The van der Waals surface area contributed by atoms with E-state index in [2.05, 4.69) is 5.32 Å². The highest BCUT2D eigenvalue weighted by Crippen LogP contribution is 2.17. The maximum Gasteiger partial charge on any atom is 0.471 e. The highest BCUT2D eigenvalue weighted by molar-refractivity contribution is 5.81. The lowest BCUT2D eigenvalue weighted by Gasteiger charge is -2.23. The Balaban J connectivity index is 4.15. The molecular formula is C11H19F3N2O4. The number of alkyl halides is 3. The van der Waals surface area contributed by atoms with E-state index < -0.39 is 36.4 Å². The van der Waals surface area contributed by atoms with Crippen molar-refractivity contribution < 1.29 is 32.6 Å². The summed E-state index contributed by atoms with van der Waals surface area (Å²) in [6.07, 6.45) is -7.13. The topological polar surface area (TPSA) is 78.9 Å². The van der Waals surface area contributed by atoms with E-state index in [-0.39, 0.29) is 6.54 Å². The standard InChI is InChI=1S/C11H19F3N2O4/c1-10(2,3)20-9(19)15-5-7(17)6-16(4)8(18)11(12,13)14/h7,17H,5-6H2,1-4H3,(H,15,19). The minimum atomic E-state index is -4.99. The van der Waals surface area contributed by atoms with Gasteiger partial charge >= 0.3 is 18.2 Å². The average Bonchev–Trinajstić information content (AvgIpc) is 2.21. The quantitative estimate of drug-likeness (QED) is 0.808. The summed E-state index contributed by atoms with van der Waals surface area (Å²) in [7, 11) is 0.909. The van der Waals surface area contributed by atoms with Crippen molar-refractivity contribution in [2.45, 2.75) is 38.7 Å². The first-order valence-electron chi connectivity index (χ1n) is 5.80. The zero-order valence-electron chi connectivity index (χ0n) is 11.7. The molecule has 0 aromatic heterocycles. The number of nitrogens with zero attached hydrogens (tertiary/aromatic N) is 1. The van der Waals surface area contributed by atoms with E-state index in [0.29, 0.717) is 4.90 Å². The number of alkyl carbamates (subject to hydrolysis) is 1. The van der Waals surface area contributed by atoms with Crippen LogP contribution in [0.5, 0.6) is 0 Å². The smallest absolute Gasteiger partial charge is 0.444 e. The Labute approximate surface area is 114 Å². The third-order valence-electron chi connectivity index (χ3n) is 1.95. The molecule has 2 amide bonds. The van der Waals surface area contributed by atoms with Gasteiger partial charge in [-0.3, -0.25) is 4.79 Å². The molecule has 0 bridgehead atoms. The Morgan fingerprint density at radius 1 is 1.30 bits per heavy atom. The first-order chi connectivity index (χ1) is 8.83. The number of amides is 2. The van der Waals surface area contributed by atoms with Crippen LogP contribution in [0.3, 0.4) is 0 Å². The van der Waals surface area contributed by atoms with Crippen LogP contribution in [0.15, 0.2) is 0 Å². The summed E-state index contributed by atoms with van der Waals surface area (Å²) >= 11 is 0. The number of hydrogen-bond acceptors (Lipinski definition) is 4. The number of carbonyl (C=O) groups excluding carboxylic acids is 2. The largest absolute Gasteiger partial charge is 0.471 e. The van der Waals surface area contributed by atoms with Crippen LogP contribution >= 0.6 is 0 Å². The molecule has 0 spiro atoms. The van der Waals surface area contributed by atoms with Gasteiger partial charge < -0.3 is 20.1 Å². The molecule has 0 saturated heterocycles. The predicted molar refractivity (Wildman–Crippen MR) is 63.9 cm³/mol. The maximum atomic E-state index is 12.1. The number of ether oxygens (including phenoxy) is 1. The zero-order chi connectivity index (χ0) is 16.1. The molecular weight excluding hydrogens is 281 g/mol. The van der Waals surface area contributed by atoms with Crippen molar-refractivity contribution >= 4 is 12.0 Å². The van der Waals surface area contributed by atoms with E-state index >= 15 is 0 Å². The summed E-state index contributed by atoms with van der Waals surface area (Å²) in [4.78, 5) is 22.4. The molecule has 9 heteroatoms. The van der Waals surface area contributed by atoms with Crippen LogP contribution in [0, 0.1) is 0 Å². The number of aliphatic hydroxyl groups excluding tert-OH is 1. The molecule has 0 aromatic rings. The fourth-order valence-corrected chi connectivity index (χ4v) is 1.20. The second-order valence-electron chi connectivity index (χ2n) is 5.22. The number of hydrogen-bond donors (Lipinski definition) is 2. The monoisotopic (exact) mass is 300 g/mol. The number of carbonyl (C=O) groups is 2. The number of likely N-dealkylation sites (N-methyl/N-ethyl adjacent to an activating group) is 1. The molecule has 0 saturated carbocycles. The highest BCUT2D eigenvalue weighted by Gasteiger charge is 2.41. The number of halogens is 3. The Morgan fingerprint density at radius 3 is 2.20 bits per heavy atom. The van der Waals surface area contributed by atoms with E-state index in [0.717, 1.165) is 7.05 Å². The van der Waals surface area contributed by atoms with Gasteiger partial charge in [0.1, 0.15) is 5.60 Å². The first-order valence-corrected chi connectivity index (χ1v) is 5.80. The van der Waals surface area contributed by atoms with Gasteiger partial charge in [-0.15, -0.1) is 0 Å². The Bertz CT molecular complexity index is 353. The van der Waals surface area contributed by atoms with Gasteiger partial charge in [-0.2, -0.15) is 13.2 Å². The summed E-state index contributed by atoms with van der Waals surface area (Å²) in [5.41, 5.74) is -0.724. The van der Waals surface area contributed by atoms with Crippen LogP contribution in [0.2, 0.25) is 0 Å². The van der Waals surface area contributed by atoms with Crippen molar-refractivity contribution in [3.8, 4) is 0 Å². The molecule has 0 fully saturated rings. The van der Waals surface area contributed by atoms with Gasteiger partial charge in [-0.05, 0) is 20.8 Å². The number of nitrogens with one attached hydrogen (secondary N) is 1. The van der Waals surface area contributed by atoms with Crippen LogP contribution in [-0.4, -0.2) is 60.0 Å². The molecule has 20 heavy (non-hydrogen) atoms. The van der Waals surface area contributed by atoms with Crippen molar-refractivity contribution in [1.29, 1.82) is 0 Å². The van der Waals surface area contributed by atoms with Crippen molar-refractivity contribution in [3.63, 3.8) is 0 Å². The maximum absolute atomic E-state index is 12.1. The zero-order valence-corrected chi connectivity index (χ0v) is 11.7. The summed E-state index contributed by atoms with van der Waals surface area (Å²) in [5, 5.41) is 11.6. The second-order valence-corrected chi connectivity index (χ2v) is 5.22. The van der Waals surface area contributed by atoms with Crippen molar-refractivity contribution in [2.75, 3.05) is 20.1 Å². The minimum Gasteiger partial charge on any atom is -0.444 e. The van der Waals surface area contributed by atoms with Gasteiger partial charge in [-0.1, -0.05) is 0 Å². The van der Waals surface area contributed by atoms with Crippen LogP contribution in [0.4, 0.5) is 18.0 Å². The number of rotatable bonds is 4. The van der Waals surface area contributed by atoms with Crippen LogP contribution in [0.25, 0.3) is 0 Å². The molecule has 0 heterocycles. The Morgan fingerprint density at radius 2 is 1.80 bits per heavy atom. The van der Waals surface area contributed by atoms with Crippen molar-refractivity contribution in [2.24, 2.45) is 0 Å². The molecule has 0 aliphatic rings. The van der Waals surface area contributed by atoms with E-state index in [9.17, 15) is 27.9 Å². The molecule has 1 unspecified atom stereocenters. The lowest BCUT2D eigenvalue weighted by Crippen LogP contribution is -2.45. The lowest BCUT2D eigenvalue weighted by molar-refractivity contribution is -0.185. The molecule has 0 rings (SSSR count). The van der Waals surface area contributed by atoms with E-state index in [1.54, 1.807) is 20.8 Å². The molecule has 118 valence electrons. The summed E-state index contributed by atoms with van der Waals surface area (Å²) in [5.74, 6) is -2.06. The van der Waals surface area contributed by atoms with Crippen LogP contribution in [0.1, 0.15) is 20.8 Å². The molecule has 0 aliphatic carbocycles. The minimum absolute atomic E-state index is 0.329. The van der Waals surface area contributed by atoms with Gasteiger partial charge in [0.2, 0.25) is 0 Å². The van der Waals surface area contributed by atoms with Crippen LogP contribution < -0.4 is 5.32 Å². The van der Waals surface area contributed by atoms with Crippen molar-refractivity contribution in [3.05, 3.63) is 0 Å². The Kier molecular flexibility index (Phi) is 6.27. The van der Waals surface area contributed by atoms with Gasteiger partial charge in [-0.25, -0.2) is 4.79 Å². The molecule has 0 radical (unpaired) electrons. The third kappa shape index (κ3) is 7.82. The third-order valence-corrected chi connectivity index (χ3v) is 1.95. The summed E-state index contributed by atoms with van der Waals surface area (Å²) in [6, 6.07) is 0. The normalized spacial score (nSPS) is 13.6. The van der Waals surface area contributed by atoms with Gasteiger partial charge in [0.15, 0.2) is 0 Å². The molecule has 0 aliphatic heterocycles. The fraction of sp³-hybridized carbons (Fsp3) is 0.818. The van der Waals surface area contributed by atoms with Gasteiger partial charge in [0.25, 0.3) is 0 Å². The highest BCUT2D eigenvalue weighted by atomic mass is 19.4. The van der Waals surface area contributed by atoms with Crippen LogP contribution in [-0.2, 0) is 9.53 Å². The molecule has 2 N–H and O–H groups in total. The Hall–Kier alpha value is -1.51. The number of aliphatic hydroxyl groups is 1. The SMILES string of the molecule is CN(CC(O)CNC(=O)OC(C)(C)C)C(=O)C(F)(F)F. The molecule has 0 aromatic carbocycles. The summed E-state index contributed by atoms with van der Waals surface area (Å²) < 4.78 is 41.1. The van der Waals surface area contributed by atoms with E-state index in [1.807, 2.05) is 0 Å². The second kappa shape index (κ2) is 6.78. The fourth-order valence-electron chi connectivity index (χ4n) is 1.20. The van der Waals surface area contributed by atoms with E-state index in [1.165, 1.54) is 0 Å². The van der Waals surface area contributed by atoms with E-state index in [4.69, 9.17) is 4.74 Å². The van der Waals surface area contributed by atoms with Gasteiger partial charge in [0.05, 0.1) is 6.10 Å². The predicted octanol–water partition coefficient (Wildman–Crippen LogP) is 0.893. The molecule has 6 nitrogen and oxygen atoms in total. The first kappa shape index (κ1) is 18.5. The average molecular weight is 300 g/mol.